The molecule has 0 bridgehead atoms. The van der Waals surface area contributed by atoms with Crippen LogP contribution in [0.25, 0.3) is 129 Å². The Morgan fingerprint density at radius 3 is 0.792 bits per heavy atom. The molecule has 12 heteroatoms. The number of nitriles is 3. The molecule has 0 spiro atoms. The molecule has 3 heterocycles. The number of anilines is 18. The van der Waals surface area contributed by atoms with Gasteiger partial charge in [-0.15, -0.1) is 0 Å². The molecule has 144 heavy (non-hydrogen) atoms. The van der Waals surface area contributed by atoms with Crippen molar-refractivity contribution in [1.29, 1.82) is 15.8 Å². The summed E-state index contributed by atoms with van der Waals surface area (Å²) in [5.41, 5.74) is 18.6. The number of pyridine rings is 3. The van der Waals surface area contributed by atoms with E-state index in [9.17, 15) is 15.8 Å². The molecule has 12 nitrogen and oxygen atoms in total. The van der Waals surface area contributed by atoms with E-state index in [1.807, 2.05) is 134 Å². The van der Waals surface area contributed by atoms with Gasteiger partial charge in [-0.3, -0.25) is 14.7 Å². The average molecular weight is 1840 g/mol. The third kappa shape index (κ3) is 15.3. The molecule has 0 N–H and O–H groups in total. The first-order valence-corrected chi connectivity index (χ1v) is 48.1. The highest BCUT2D eigenvalue weighted by molar-refractivity contribution is 6.32. The predicted octanol–water partition coefficient (Wildman–Crippen LogP) is 35.8. The molecule has 0 unspecified atom stereocenters. The van der Waals surface area contributed by atoms with Crippen LogP contribution >= 0.6 is 0 Å². The number of aromatic nitrogens is 3. The molecule has 3 aromatic heterocycles. The van der Waals surface area contributed by atoms with Gasteiger partial charge in [-0.2, -0.15) is 15.8 Å². The van der Waals surface area contributed by atoms with Gasteiger partial charge in [0.15, 0.2) is 0 Å². The largest absolute Gasteiger partial charge is 0.310 e. The Morgan fingerprint density at radius 2 is 0.438 bits per heavy atom. The van der Waals surface area contributed by atoms with E-state index in [4.69, 9.17) is 15.0 Å². The molecule has 0 atom stereocenters. The second-order valence-electron chi connectivity index (χ2n) is 35.9. The Kier molecular flexibility index (Phi) is 21.8. The minimum absolute atomic E-state index is 0.637. The van der Waals surface area contributed by atoms with Gasteiger partial charge >= 0.3 is 0 Å². The third-order valence-electron chi connectivity index (χ3n) is 27.7. The lowest BCUT2D eigenvalue weighted by Crippen LogP contribution is -2.13. The fourth-order valence-electron chi connectivity index (χ4n) is 21.1. The van der Waals surface area contributed by atoms with E-state index in [0.29, 0.717) is 16.7 Å². The van der Waals surface area contributed by atoms with E-state index in [1.165, 1.54) is 64.6 Å². The smallest absolute Gasteiger partial charge is 0.145 e. The first kappa shape index (κ1) is 85.6. The molecule has 0 radical (unpaired) electrons. The molecule has 0 fully saturated rings. The lowest BCUT2D eigenvalue weighted by molar-refractivity contribution is 1.20. The van der Waals surface area contributed by atoms with E-state index < -0.39 is 0 Å². The zero-order valence-corrected chi connectivity index (χ0v) is 77.9. The van der Waals surface area contributed by atoms with Crippen molar-refractivity contribution in [1.82, 2.24) is 15.0 Å². The van der Waals surface area contributed by atoms with E-state index in [0.717, 1.165) is 168 Å². The molecule has 24 aromatic carbocycles. The molecule has 0 saturated carbocycles. The summed E-state index contributed by atoms with van der Waals surface area (Å²) in [6.45, 7) is 0. The van der Waals surface area contributed by atoms with Crippen molar-refractivity contribution < 1.29 is 0 Å². The number of nitrogens with zero attached hydrogens (tertiary/aromatic N) is 12. The maximum absolute atomic E-state index is 9.49. The van der Waals surface area contributed by atoms with Gasteiger partial charge in [-0.05, 0) is 288 Å². The van der Waals surface area contributed by atoms with Crippen LogP contribution < -0.4 is 29.4 Å². The summed E-state index contributed by atoms with van der Waals surface area (Å²) in [4.78, 5) is 28.8. The SMILES string of the molecule is N#Cc1ccc(N(c2ccccc2)c2ccc3ccc4c(N(c5ccccc5)c5cc6ccccc6cn5)ccc5ccc2c3c54)cc1.N#Cc1ccc(N(c2ccccc2)c2ccc3ccc4c(N(c5ccccc5)c5ccc6ccccc6n5)ccc5ccc2c3c54)cc1.N#Cc1ccc(N(c2ccccc2)c2ccc3ccc4c(N(c5ccccc5)c5nccc6ccccc56)ccc5ccc2c3c54)cc1. The van der Waals surface area contributed by atoms with Gasteiger partial charge in [0.2, 0.25) is 0 Å². The van der Waals surface area contributed by atoms with E-state index in [-0.39, 0.29) is 0 Å². The van der Waals surface area contributed by atoms with Crippen molar-refractivity contribution in [2.75, 3.05) is 29.4 Å². The molecule has 27 aromatic rings. The van der Waals surface area contributed by atoms with Crippen LogP contribution in [0.5, 0.6) is 0 Å². The number of para-hydroxylation sites is 7. The Morgan fingerprint density at radius 1 is 0.174 bits per heavy atom. The summed E-state index contributed by atoms with van der Waals surface area (Å²) in [6.07, 6.45) is 3.86. The lowest BCUT2D eigenvalue weighted by Gasteiger charge is -2.29. The molecular weight excluding hydrogens is 1750 g/mol. The van der Waals surface area contributed by atoms with Crippen molar-refractivity contribution in [3.8, 4) is 18.2 Å². The molecular formula is C132H84N12. The normalized spacial score (nSPS) is 11.3. The van der Waals surface area contributed by atoms with Crippen LogP contribution in [0.15, 0.2) is 510 Å². The van der Waals surface area contributed by atoms with E-state index >= 15 is 0 Å². The molecule has 0 aliphatic rings. The maximum atomic E-state index is 9.49. The fourth-order valence-corrected chi connectivity index (χ4v) is 21.1. The van der Waals surface area contributed by atoms with Gasteiger partial charge in [-0.1, -0.05) is 285 Å². The van der Waals surface area contributed by atoms with Crippen molar-refractivity contribution in [2.24, 2.45) is 0 Å². The van der Waals surface area contributed by atoms with Crippen LogP contribution in [0.1, 0.15) is 16.7 Å². The zero-order chi connectivity index (χ0) is 96.1. The molecule has 0 amide bonds. The summed E-state index contributed by atoms with van der Waals surface area (Å²) >= 11 is 0. The van der Waals surface area contributed by atoms with Crippen LogP contribution in [0.2, 0.25) is 0 Å². The summed E-state index contributed by atoms with van der Waals surface area (Å²) in [6, 6.07) is 180. The first-order valence-electron chi connectivity index (χ1n) is 48.1. The summed E-state index contributed by atoms with van der Waals surface area (Å²) in [5, 5.41) is 55.5. The molecule has 672 valence electrons. The van der Waals surface area contributed by atoms with Crippen LogP contribution in [-0.2, 0) is 0 Å². The predicted molar refractivity (Wildman–Crippen MR) is 599 cm³/mol. The monoisotopic (exact) mass is 1840 g/mol. The topological polar surface area (TPSA) is 129 Å². The maximum Gasteiger partial charge on any atom is 0.145 e. The van der Waals surface area contributed by atoms with Gasteiger partial charge < -0.3 is 14.7 Å². The number of rotatable bonds is 18. The average Bonchev–Trinajstić information content (AvgIpc) is 0.725. The summed E-state index contributed by atoms with van der Waals surface area (Å²) < 4.78 is 0. The Bertz CT molecular complexity index is 9260. The lowest BCUT2D eigenvalue weighted by atomic mass is 9.91. The number of hydrogen-bond donors (Lipinski definition) is 0. The van der Waals surface area contributed by atoms with E-state index in [2.05, 4.69) is 424 Å². The van der Waals surface area contributed by atoms with Crippen LogP contribution in [0.4, 0.5) is 103 Å². The minimum Gasteiger partial charge on any atom is -0.310 e. The van der Waals surface area contributed by atoms with Crippen LogP contribution in [0, 0.1) is 34.0 Å². The summed E-state index contributed by atoms with van der Waals surface area (Å²) in [5.74, 6) is 2.63. The van der Waals surface area contributed by atoms with Crippen molar-refractivity contribution in [3.63, 3.8) is 0 Å². The molecule has 27 rings (SSSR count). The van der Waals surface area contributed by atoms with Gasteiger partial charge in [0.1, 0.15) is 17.5 Å². The van der Waals surface area contributed by atoms with Gasteiger partial charge in [0.25, 0.3) is 0 Å². The second-order valence-corrected chi connectivity index (χ2v) is 35.9. The highest BCUT2D eigenvalue weighted by Crippen LogP contribution is 2.54. The van der Waals surface area contributed by atoms with Gasteiger partial charge in [0, 0.05) is 112 Å². The zero-order valence-electron chi connectivity index (χ0n) is 77.9. The first-order chi connectivity index (χ1) is 71.3. The Balaban J connectivity index is 0.000000113. The number of hydrogen-bond acceptors (Lipinski definition) is 12. The Hall–Kier alpha value is -20.1. The van der Waals surface area contributed by atoms with Crippen molar-refractivity contribution in [2.45, 2.75) is 0 Å². The minimum atomic E-state index is 0.637. The number of benzene rings is 24. The fraction of sp³-hybridized carbons (Fsp3) is 0. The molecule has 0 aliphatic carbocycles. The van der Waals surface area contributed by atoms with Gasteiger partial charge in [-0.25, -0.2) is 15.0 Å². The molecule has 0 saturated heterocycles. The van der Waals surface area contributed by atoms with Crippen LogP contribution in [0.3, 0.4) is 0 Å². The van der Waals surface area contributed by atoms with E-state index in [1.54, 1.807) is 0 Å². The highest BCUT2D eigenvalue weighted by atomic mass is 15.2. The standard InChI is InChI=1S/3C44H28N4/c45-28-30-15-21-37(22-16-30)47(35-11-3-1-4-12-35)40-25-19-31-18-24-39-41(26-20-32-17-23-38(40)43(31)44(32)39)48(36-13-5-2-6-14-36)42-27-33-9-7-8-10-34(33)29-46-42;45-29-30-15-22-36(23-16-30)47(34-10-3-1-4-11-34)40-26-19-32-18-25-38-41(27-20-33-17-24-37(40)43(32)44(33)38)48(35-12-5-2-6-13-35)42-28-21-31-9-7-8-14-39(31)46-42;45-29-30-15-21-36(22-16-30)47(34-10-3-1-4-11-34)40-25-19-32-18-24-39-41(26-20-33-17-23-38(40)42(32)43(33)39)48(35-12-5-2-6-13-35)44-37-14-8-7-9-31(37)27-28-46-44/h1-27,29H;2*1-28H. The highest BCUT2D eigenvalue weighted by Gasteiger charge is 2.29. The van der Waals surface area contributed by atoms with Gasteiger partial charge in [0.05, 0.1) is 74.5 Å². The second kappa shape index (κ2) is 36.8. The van der Waals surface area contributed by atoms with Crippen molar-refractivity contribution >= 4 is 232 Å². The number of fused-ring (bicyclic) bond motifs is 3. The Labute approximate surface area is 831 Å². The summed E-state index contributed by atoms with van der Waals surface area (Å²) in [7, 11) is 0. The molecule has 0 aliphatic heterocycles. The van der Waals surface area contributed by atoms with Crippen LogP contribution in [-0.4, -0.2) is 15.0 Å². The van der Waals surface area contributed by atoms with Crippen molar-refractivity contribution in [3.05, 3.63) is 527 Å². The third-order valence-corrected chi connectivity index (χ3v) is 27.7. The quantitative estimate of drug-likeness (QED) is 0.0758.